The summed E-state index contributed by atoms with van der Waals surface area (Å²) in [5.74, 6) is -1.28. The van der Waals surface area contributed by atoms with Crippen LogP contribution in [0.15, 0.2) is 55.1 Å². The first-order valence-electron chi connectivity index (χ1n) is 6.41. The molecule has 21 heavy (non-hydrogen) atoms. The minimum Gasteiger partial charge on any atom is -0.449 e. The maximum atomic E-state index is 12.4. The van der Waals surface area contributed by atoms with E-state index < -0.39 is 27.0 Å². The molecule has 2 rings (SSSR count). The van der Waals surface area contributed by atoms with E-state index in [1.165, 1.54) is 13.0 Å². The average Bonchev–Trinajstić information content (AvgIpc) is 2.46. The second-order valence-corrected chi connectivity index (χ2v) is 6.71. The van der Waals surface area contributed by atoms with E-state index in [1.54, 1.807) is 12.1 Å². The number of benzene rings is 2. The lowest BCUT2D eigenvalue weighted by atomic mass is 10.0. The van der Waals surface area contributed by atoms with E-state index in [0.29, 0.717) is 5.56 Å². The van der Waals surface area contributed by atoms with Gasteiger partial charge in [0.2, 0.25) is 0 Å². The van der Waals surface area contributed by atoms with E-state index >= 15 is 0 Å². The molecule has 0 saturated heterocycles. The highest BCUT2D eigenvalue weighted by atomic mass is 32.2. The van der Waals surface area contributed by atoms with Crippen molar-refractivity contribution in [3.05, 3.63) is 60.7 Å². The van der Waals surface area contributed by atoms with Gasteiger partial charge in [-0.15, -0.1) is 6.58 Å². The predicted octanol–water partition coefficient (Wildman–Crippen LogP) is 3.00. The van der Waals surface area contributed by atoms with Gasteiger partial charge < -0.3 is 4.74 Å². The highest BCUT2D eigenvalue weighted by Gasteiger charge is 2.26. The molecule has 110 valence electrons. The molecule has 5 heteroatoms. The van der Waals surface area contributed by atoms with Crippen molar-refractivity contribution in [2.45, 2.75) is 12.2 Å². The molecule has 1 atom stereocenters. The Balaban J connectivity index is 2.49. The van der Waals surface area contributed by atoms with E-state index in [9.17, 15) is 13.2 Å². The van der Waals surface area contributed by atoms with Crippen LogP contribution in [-0.2, 0) is 19.4 Å². The molecule has 0 saturated carbocycles. The summed E-state index contributed by atoms with van der Waals surface area (Å²) in [6.07, 6.45) is 1.36. The minimum absolute atomic E-state index is 0.626. The second kappa shape index (κ2) is 6.10. The van der Waals surface area contributed by atoms with E-state index in [-0.39, 0.29) is 0 Å². The fourth-order valence-corrected chi connectivity index (χ4v) is 3.57. The van der Waals surface area contributed by atoms with Crippen molar-refractivity contribution in [1.82, 2.24) is 0 Å². The first-order chi connectivity index (χ1) is 9.95. The molecular formula is C16H16O4S. The average molecular weight is 304 g/mol. The van der Waals surface area contributed by atoms with Crippen molar-refractivity contribution < 1.29 is 17.9 Å². The van der Waals surface area contributed by atoms with Crippen LogP contribution in [0.1, 0.15) is 17.7 Å². The van der Waals surface area contributed by atoms with Crippen molar-refractivity contribution in [3.8, 4) is 0 Å². The predicted molar refractivity (Wildman–Crippen MR) is 82.4 cm³/mol. The van der Waals surface area contributed by atoms with Gasteiger partial charge in [-0.2, -0.15) is 0 Å². The van der Waals surface area contributed by atoms with Crippen molar-refractivity contribution >= 4 is 26.6 Å². The zero-order chi connectivity index (χ0) is 15.5. The van der Waals surface area contributed by atoms with E-state index in [4.69, 9.17) is 0 Å². The van der Waals surface area contributed by atoms with E-state index in [1.807, 2.05) is 30.3 Å². The Morgan fingerprint density at radius 1 is 1.24 bits per heavy atom. The highest BCUT2D eigenvalue weighted by molar-refractivity contribution is 7.91. The van der Waals surface area contributed by atoms with Crippen LogP contribution in [0.5, 0.6) is 0 Å². The molecule has 0 aliphatic heterocycles. The SMILES string of the molecule is C=CC(c1cccc2ccccc12)S(=O)(=O)COC(C)=O. The number of sulfone groups is 1. The zero-order valence-corrected chi connectivity index (χ0v) is 12.5. The van der Waals surface area contributed by atoms with Gasteiger partial charge in [-0.1, -0.05) is 48.5 Å². The fourth-order valence-electron chi connectivity index (χ4n) is 2.20. The van der Waals surface area contributed by atoms with E-state index in [0.717, 1.165) is 10.8 Å². The van der Waals surface area contributed by atoms with Crippen LogP contribution >= 0.6 is 0 Å². The number of ether oxygens (including phenoxy) is 1. The maximum Gasteiger partial charge on any atom is 0.303 e. The quantitative estimate of drug-likeness (QED) is 0.629. The number of rotatable bonds is 5. The van der Waals surface area contributed by atoms with Gasteiger partial charge in [0, 0.05) is 6.92 Å². The Labute approximate surface area is 124 Å². The summed E-state index contributed by atoms with van der Waals surface area (Å²) in [6.45, 7) is 4.79. The summed E-state index contributed by atoms with van der Waals surface area (Å²) in [6, 6.07) is 13.0. The first-order valence-corrected chi connectivity index (χ1v) is 8.12. The number of fused-ring (bicyclic) bond motifs is 1. The normalized spacial score (nSPS) is 12.8. The summed E-state index contributed by atoms with van der Waals surface area (Å²) in [7, 11) is -3.67. The van der Waals surface area contributed by atoms with Gasteiger partial charge in [-0.3, -0.25) is 4.79 Å². The van der Waals surface area contributed by atoms with Gasteiger partial charge >= 0.3 is 5.97 Å². The van der Waals surface area contributed by atoms with Gasteiger partial charge in [0.15, 0.2) is 15.8 Å². The molecule has 0 radical (unpaired) electrons. The third-order valence-electron chi connectivity index (χ3n) is 3.16. The van der Waals surface area contributed by atoms with Crippen molar-refractivity contribution in [2.75, 3.05) is 5.94 Å². The van der Waals surface area contributed by atoms with Crippen LogP contribution in [-0.4, -0.2) is 20.3 Å². The standard InChI is InChI=1S/C16H16O4S/c1-3-16(21(18,19)11-20-12(2)17)15-10-6-8-13-7-4-5-9-14(13)15/h3-10,16H,1,11H2,2H3. The molecule has 0 spiro atoms. The molecule has 0 heterocycles. The third kappa shape index (κ3) is 3.31. The number of carbonyl (C=O) groups is 1. The molecule has 0 aromatic heterocycles. The summed E-state index contributed by atoms with van der Waals surface area (Å²) >= 11 is 0. The molecule has 1 unspecified atom stereocenters. The summed E-state index contributed by atoms with van der Waals surface area (Å²) in [5, 5.41) is 0.879. The van der Waals surface area contributed by atoms with Gasteiger partial charge in [0.25, 0.3) is 0 Å². The zero-order valence-electron chi connectivity index (χ0n) is 11.7. The summed E-state index contributed by atoms with van der Waals surface area (Å²) in [4.78, 5) is 10.8. The molecule has 2 aromatic carbocycles. The number of esters is 1. The Bertz CT molecular complexity index is 772. The molecule has 0 aliphatic rings. The molecule has 0 fully saturated rings. The Morgan fingerprint density at radius 3 is 2.57 bits per heavy atom. The van der Waals surface area contributed by atoms with Crippen LogP contribution in [0.4, 0.5) is 0 Å². The van der Waals surface area contributed by atoms with Gasteiger partial charge in [-0.05, 0) is 16.3 Å². The van der Waals surface area contributed by atoms with Crippen molar-refractivity contribution in [1.29, 1.82) is 0 Å². The molecule has 0 bridgehead atoms. The Hall–Kier alpha value is -2.14. The van der Waals surface area contributed by atoms with Gasteiger partial charge in [-0.25, -0.2) is 8.42 Å². The molecule has 0 amide bonds. The van der Waals surface area contributed by atoms with Crippen LogP contribution in [0.25, 0.3) is 10.8 Å². The molecule has 0 aliphatic carbocycles. The minimum atomic E-state index is -3.67. The molecule has 0 N–H and O–H groups in total. The summed E-state index contributed by atoms with van der Waals surface area (Å²) < 4.78 is 29.4. The number of hydrogen-bond donors (Lipinski definition) is 0. The third-order valence-corrected chi connectivity index (χ3v) is 4.82. The highest BCUT2D eigenvalue weighted by Crippen LogP contribution is 2.30. The van der Waals surface area contributed by atoms with Crippen molar-refractivity contribution in [2.24, 2.45) is 0 Å². The van der Waals surface area contributed by atoms with Crippen LogP contribution < -0.4 is 0 Å². The maximum absolute atomic E-state index is 12.4. The van der Waals surface area contributed by atoms with Crippen LogP contribution in [0.3, 0.4) is 0 Å². The first kappa shape index (κ1) is 15.3. The monoisotopic (exact) mass is 304 g/mol. The molecular weight excluding hydrogens is 288 g/mol. The smallest absolute Gasteiger partial charge is 0.303 e. The number of carbonyl (C=O) groups excluding carboxylic acids is 1. The Morgan fingerprint density at radius 2 is 1.90 bits per heavy atom. The molecule has 4 nitrogen and oxygen atoms in total. The lowest BCUT2D eigenvalue weighted by molar-refractivity contribution is -0.138. The summed E-state index contributed by atoms with van der Waals surface area (Å²) in [5.41, 5.74) is 0.634. The second-order valence-electron chi connectivity index (χ2n) is 4.64. The van der Waals surface area contributed by atoms with Crippen LogP contribution in [0, 0.1) is 0 Å². The topological polar surface area (TPSA) is 60.4 Å². The van der Waals surface area contributed by atoms with Crippen molar-refractivity contribution in [3.63, 3.8) is 0 Å². The van der Waals surface area contributed by atoms with E-state index in [2.05, 4.69) is 11.3 Å². The largest absolute Gasteiger partial charge is 0.449 e. The Kier molecular flexibility index (Phi) is 4.43. The fraction of sp³-hybridized carbons (Fsp3) is 0.188. The van der Waals surface area contributed by atoms with Gasteiger partial charge in [0.1, 0.15) is 5.25 Å². The molecule has 2 aromatic rings. The lowest BCUT2D eigenvalue weighted by Gasteiger charge is -2.16. The van der Waals surface area contributed by atoms with Crippen LogP contribution in [0.2, 0.25) is 0 Å². The lowest BCUT2D eigenvalue weighted by Crippen LogP contribution is -2.19. The number of hydrogen-bond acceptors (Lipinski definition) is 4. The van der Waals surface area contributed by atoms with Gasteiger partial charge in [0.05, 0.1) is 0 Å².